The monoisotopic (exact) mass is 534 g/mol. The Hall–Kier alpha value is -5.40. The first-order valence-electron chi connectivity index (χ1n) is 14.5. The average molecular weight is 535 g/mol. The Morgan fingerprint density at radius 2 is 0.976 bits per heavy atom. The zero-order valence-corrected chi connectivity index (χ0v) is 22.9. The van der Waals surface area contributed by atoms with E-state index >= 15 is 0 Å². The Morgan fingerprint density at radius 1 is 0.381 bits per heavy atom. The maximum atomic E-state index is 6.28. The zero-order chi connectivity index (χ0) is 27.7. The fraction of sp³-hybridized carbons (Fsp3) is 0.0244. The van der Waals surface area contributed by atoms with Crippen LogP contribution in [-0.2, 0) is 5.41 Å². The minimum atomic E-state index is -0.381. The van der Waals surface area contributed by atoms with Gasteiger partial charge in [0.1, 0.15) is 11.5 Å². The van der Waals surface area contributed by atoms with Gasteiger partial charge in [0.25, 0.3) is 0 Å². The Labute approximate surface area is 245 Å². The molecule has 1 aliphatic heterocycles. The molecule has 0 amide bonds. The van der Waals surface area contributed by atoms with E-state index in [2.05, 4.69) is 152 Å². The molecule has 1 aliphatic carbocycles. The van der Waals surface area contributed by atoms with E-state index in [1.807, 2.05) is 6.07 Å². The zero-order valence-electron chi connectivity index (χ0n) is 22.9. The molecule has 0 N–H and O–H groups in total. The van der Waals surface area contributed by atoms with Crippen molar-refractivity contribution in [3.05, 3.63) is 180 Å². The van der Waals surface area contributed by atoms with Crippen LogP contribution >= 0.6 is 0 Å². The molecule has 0 bridgehead atoms. The maximum Gasteiger partial charge on any atom is 0.135 e. The van der Waals surface area contributed by atoms with Crippen molar-refractivity contribution in [3.8, 4) is 44.9 Å². The lowest BCUT2D eigenvalue weighted by Crippen LogP contribution is -2.28. The van der Waals surface area contributed by atoms with E-state index in [9.17, 15) is 0 Å². The fourth-order valence-electron chi connectivity index (χ4n) is 7.38. The topological polar surface area (TPSA) is 9.23 Å². The highest BCUT2D eigenvalue weighted by molar-refractivity contribution is 6.06. The minimum Gasteiger partial charge on any atom is -0.456 e. The van der Waals surface area contributed by atoms with Gasteiger partial charge >= 0.3 is 0 Å². The second-order valence-electron chi connectivity index (χ2n) is 11.3. The van der Waals surface area contributed by atoms with Crippen LogP contribution in [0.4, 0.5) is 0 Å². The van der Waals surface area contributed by atoms with Gasteiger partial charge in [-0.05, 0) is 79.7 Å². The largest absolute Gasteiger partial charge is 0.456 e. The lowest BCUT2D eigenvalue weighted by molar-refractivity contribution is 0.487. The number of rotatable bonds is 3. The molecule has 2 aliphatic rings. The summed E-state index contributed by atoms with van der Waals surface area (Å²) < 4.78 is 6.28. The number of ether oxygens (including phenoxy) is 1. The van der Waals surface area contributed by atoms with Crippen molar-refractivity contribution in [2.45, 2.75) is 5.41 Å². The van der Waals surface area contributed by atoms with E-state index in [-0.39, 0.29) is 5.41 Å². The minimum absolute atomic E-state index is 0.381. The number of hydrogen-bond acceptors (Lipinski definition) is 1. The molecule has 0 fully saturated rings. The van der Waals surface area contributed by atoms with Gasteiger partial charge in [-0.15, -0.1) is 0 Å². The van der Waals surface area contributed by atoms with Crippen LogP contribution in [0.5, 0.6) is 11.5 Å². The summed E-state index contributed by atoms with van der Waals surface area (Å²) in [7, 11) is 0. The molecule has 1 heterocycles. The second-order valence-corrected chi connectivity index (χ2v) is 11.3. The van der Waals surface area contributed by atoms with Gasteiger partial charge in [0.15, 0.2) is 0 Å². The van der Waals surface area contributed by atoms with Gasteiger partial charge in [0.2, 0.25) is 0 Å². The van der Waals surface area contributed by atoms with E-state index in [0.717, 1.165) is 17.1 Å². The molecule has 9 rings (SSSR count). The van der Waals surface area contributed by atoms with Crippen LogP contribution in [0.1, 0.15) is 22.3 Å². The average Bonchev–Trinajstić information content (AvgIpc) is 3.36. The highest BCUT2D eigenvalue weighted by Crippen LogP contribution is 2.56. The summed E-state index contributed by atoms with van der Waals surface area (Å²) in [5, 5.41) is 2.37. The Balaban J connectivity index is 1.25. The molecule has 0 saturated carbocycles. The molecule has 1 heteroatoms. The van der Waals surface area contributed by atoms with Crippen molar-refractivity contribution < 1.29 is 4.74 Å². The molecule has 1 nitrogen and oxygen atoms in total. The molecule has 7 aromatic rings. The van der Waals surface area contributed by atoms with Crippen LogP contribution in [0.2, 0.25) is 0 Å². The maximum absolute atomic E-state index is 6.28. The van der Waals surface area contributed by atoms with E-state index in [0.29, 0.717) is 0 Å². The highest BCUT2D eigenvalue weighted by atomic mass is 16.5. The van der Waals surface area contributed by atoms with Crippen LogP contribution in [0.3, 0.4) is 0 Å². The number of hydrogen-bond donors (Lipinski definition) is 0. The molecular formula is C41H26O. The van der Waals surface area contributed by atoms with E-state index < -0.39 is 0 Å². The lowest BCUT2D eigenvalue weighted by atomic mass is 9.67. The Kier molecular flexibility index (Phi) is 4.88. The summed E-state index contributed by atoms with van der Waals surface area (Å²) in [6.45, 7) is 0. The van der Waals surface area contributed by atoms with Crippen molar-refractivity contribution >= 4 is 10.8 Å². The van der Waals surface area contributed by atoms with Crippen LogP contribution in [0, 0.1) is 0 Å². The third kappa shape index (κ3) is 3.14. The summed E-state index contributed by atoms with van der Waals surface area (Å²) in [4.78, 5) is 0. The Morgan fingerprint density at radius 3 is 1.71 bits per heavy atom. The summed E-state index contributed by atoms with van der Waals surface area (Å²) in [6.07, 6.45) is 0. The van der Waals surface area contributed by atoms with Crippen molar-refractivity contribution in [3.63, 3.8) is 0 Å². The first-order valence-corrected chi connectivity index (χ1v) is 14.5. The fourth-order valence-corrected chi connectivity index (χ4v) is 7.38. The van der Waals surface area contributed by atoms with Crippen LogP contribution in [-0.4, -0.2) is 0 Å². The van der Waals surface area contributed by atoms with Crippen molar-refractivity contribution in [2.75, 3.05) is 0 Å². The molecular weight excluding hydrogens is 508 g/mol. The second kappa shape index (κ2) is 8.80. The molecule has 0 atom stereocenters. The van der Waals surface area contributed by atoms with E-state index in [4.69, 9.17) is 4.74 Å². The molecule has 42 heavy (non-hydrogen) atoms. The summed E-state index contributed by atoms with van der Waals surface area (Å²) in [5.74, 6) is 1.83. The molecule has 0 saturated heterocycles. The molecule has 0 unspecified atom stereocenters. The highest BCUT2D eigenvalue weighted by Gasteiger charge is 2.45. The predicted octanol–water partition coefficient (Wildman–Crippen LogP) is 10.6. The normalized spacial score (nSPS) is 13.6. The summed E-state index contributed by atoms with van der Waals surface area (Å²) in [5.41, 5.74) is 12.3. The van der Waals surface area contributed by atoms with Crippen molar-refractivity contribution in [1.29, 1.82) is 0 Å². The Bertz CT molecular complexity index is 2110. The van der Waals surface area contributed by atoms with E-state index in [1.54, 1.807) is 0 Å². The van der Waals surface area contributed by atoms with Gasteiger partial charge in [0.05, 0.1) is 5.41 Å². The third-order valence-corrected chi connectivity index (χ3v) is 9.15. The van der Waals surface area contributed by atoms with Gasteiger partial charge in [-0.1, -0.05) is 133 Å². The van der Waals surface area contributed by atoms with Crippen LogP contribution in [0.15, 0.2) is 158 Å². The standard InChI is InChI=1S/C41H26O/c1-2-12-30(13-3-1)41(36-17-7-4-14-32(36)33-15-5-8-18-37(33)41)31-23-21-27(22-24-31)29-25-28-11-10-20-39-40(28)35(26-29)34-16-6-9-19-38(34)42-39/h1-26H. The predicted molar refractivity (Wildman–Crippen MR) is 172 cm³/mol. The smallest absolute Gasteiger partial charge is 0.135 e. The molecule has 196 valence electrons. The van der Waals surface area contributed by atoms with Crippen LogP contribution in [0.25, 0.3) is 44.2 Å². The van der Waals surface area contributed by atoms with Gasteiger partial charge in [0, 0.05) is 10.9 Å². The van der Waals surface area contributed by atoms with E-state index in [1.165, 1.54) is 60.8 Å². The molecule has 0 radical (unpaired) electrons. The SMILES string of the molecule is c1ccc(C2(c3ccc(-c4cc5c6c(cccc6c4)Oc4ccccc4-5)cc3)c3ccccc3-c3ccccc32)cc1. The van der Waals surface area contributed by atoms with Crippen LogP contribution < -0.4 is 4.74 Å². The number of fused-ring (bicyclic) bond motifs is 5. The first kappa shape index (κ1) is 23.3. The van der Waals surface area contributed by atoms with Gasteiger partial charge in [-0.25, -0.2) is 0 Å². The van der Waals surface area contributed by atoms with Crippen molar-refractivity contribution in [1.82, 2.24) is 0 Å². The third-order valence-electron chi connectivity index (χ3n) is 9.15. The van der Waals surface area contributed by atoms with Crippen molar-refractivity contribution in [2.24, 2.45) is 0 Å². The van der Waals surface area contributed by atoms with Gasteiger partial charge < -0.3 is 4.74 Å². The first-order chi connectivity index (χ1) is 20.8. The summed E-state index contributed by atoms with van der Waals surface area (Å²) in [6, 6.07) is 57.3. The molecule has 0 spiro atoms. The van der Waals surface area contributed by atoms with Gasteiger partial charge in [-0.3, -0.25) is 0 Å². The lowest BCUT2D eigenvalue weighted by Gasteiger charge is -2.34. The molecule has 0 aromatic heterocycles. The quantitative estimate of drug-likeness (QED) is 0.219. The number of para-hydroxylation sites is 1. The number of benzene rings is 7. The molecule has 7 aromatic carbocycles. The summed E-state index contributed by atoms with van der Waals surface area (Å²) >= 11 is 0. The van der Waals surface area contributed by atoms with Gasteiger partial charge in [-0.2, -0.15) is 0 Å².